The van der Waals surface area contributed by atoms with E-state index in [1.165, 1.54) is 89.2 Å². The third kappa shape index (κ3) is 16.0. The van der Waals surface area contributed by atoms with Gasteiger partial charge in [0.25, 0.3) is 10.1 Å². The number of aryl methyl sites for hydroxylation is 1. The molecule has 1 aromatic rings. The molecule has 0 N–H and O–H groups in total. The van der Waals surface area contributed by atoms with E-state index in [2.05, 4.69) is 6.92 Å². The van der Waals surface area contributed by atoms with E-state index < -0.39 is 10.1 Å². The molecule has 33 heavy (non-hydrogen) atoms. The molecule has 190 valence electrons. The highest BCUT2D eigenvalue weighted by Gasteiger charge is 2.15. The lowest BCUT2D eigenvalue weighted by atomic mass is 10.0. The molecule has 0 fully saturated rings. The summed E-state index contributed by atoms with van der Waals surface area (Å²) < 4.78 is 34.1. The van der Waals surface area contributed by atoms with Crippen molar-refractivity contribution in [2.75, 3.05) is 13.2 Å². The average Bonchev–Trinajstić information content (AvgIpc) is 2.79. The van der Waals surface area contributed by atoms with Gasteiger partial charge in [0.05, 0.1) is 4.90 Å². The SMILES string of the molecule is CCCCCCCCCCCCCCCCCC(=O)OCCOS(=O)(=O)c1ccc(C)cc1. The zero-order valence-corrected chi connectivity index (χ0v) is 21.8. The van der Waals surface area contributed by atoms with Crippen LogP contribution in [-0.2, 0) is 23.8 Å². The van der Waals surface area contributed by atoms with E-state index in [9.17, 15) is 13.2 Å². The van der Waals surface area contributed by atoms with Crippen molar-refractivity contribution in [2.24, 2.45) is 0 Å². The number of hydrogen-bond donors (Lipinski definition) is 0. The van der Waals surface area contributed by atoms with Crippen LogP contribution < -0.4 is 0 Å². The van der Waals surface area contributed by atoms with Gasteiger partial charge in [-0.1, -0.05) is 115 Å². The fraction of sp³-hybridized carbons (Fsp3) is 0.741. The zero-order chi connectivity index (χ0) is 24.2. The lowest BCUT2D eigenvalue weighted by Gasteiger charge is -2.07. The largest absolute Gasteiger partial charge is 0.463 e. The smallest absolute Gasteiger partial charge is 0.305 e. The van der Waals surface area contributed by atoms with Crippen molar-refractivity contribution in [1.29, 1.82) is 0 Å². The molecule has 0 bridgehead atoms. The van der Waals surface area contributed by atoms with Gasteiger partial charge in [0, 0.05) is 6.42 Å². The van der Waals surface area contributed by atoms with Crippen LogP contribution in [0.4, 0.5) is 0 Å². The third-order valence-electron chi connectivity index (χ3n) is 5.88. The van der Waals surface area contributed by atoms with Gasteiger partial charge in [0.2, 0.25) is 0 Å². The molecule has 0 atom stereocenters. The van der Waals surface area contributed by atoms with Crippen LogP contribution in [0.5, 0.6) is 0 Å². The van der Waals surface area contributed by atoms with Gasteiger partial charge in [-0.3, -0.25) is 8.98 Å². The molecule has 0 saturated carbocycles. The van der Waals surface area contributed by atoms with Gasteiger partial charge in [-0.15, -0.1) is 0 Å². The summed E-state index contributed by atoms with van der Waals surface area (Å²) in [6.07, 6.45) is 19.7. The zero-order valence-electron chi connectivity index (χ0n) is 21.0. The summed E-state index contributed by atoms with van der Waals surface area (Å²) >= 11 is 0. The number of rotatable bonds is 21. The van der Waals surface area contributed by atoms with Crippen LogP contribution in [0.2, 0.25) is 0 Å². The van der Waals surface area contributed by atoms with Crippen LogP contribution in [0.1, 0.15) is 115 Å². The molecular formula is C27H46O5S. The van der Waals surface area contributed by atoms with E-state index in [1.807, 2.05) is 6.92 Å². The molecule has 0 aromatic heterocycles. The van der Waals surface area contributed by atoms with Gasteiger partial charge >= 0.3 is 5.97 Å². The fourth-order valence-corrected chi connectivity index (χ4v) is 4.68. The number of ether oxygens (including phenoxy) is 1. The van der Waals surface area contributed by atoms with Crippen LogP contribution in [0.25, 0.3) is 0 Å². The molecule has 0 spiro atoms. The summed E-state index contributed by atoms with van der Waals surface area (Å²) in [6.45, 7) is 3.93. The lowest BCUT2D eigenvalue weighted by molar-refractivity contribution is -0.144. The molecule has 5 nitrogen and oxygen atoms in total. The molecule has 1 rings (SSSR count). The first-order valence-electron chi connectivity index (χ1n) is 13.1. The molecule has 0 aliphatic rings. The van der Waals surface area contributed by atoms with Gasteiger partial charge < -0.3 is 4.74 Å². The Morgan fingerprint density at radius 2 is 1.15 bits per heavy atom. The quantitative estimate of drug-likeness (QED) is 0.103. The predicted octanol–water partition coefficient (Wildman–Crippen LogP) is 7.51. The molecular weight excluding hydrogens is 436 g/mol. The van der Waals surface area contributed by atoms with E-state index in [0.717, 1.165) is 24.8 Å². The first-order valence-corrected chi connectivity index (χ1v) is 14.5. The summed E-state index contributed by atoms with van der Waals surface area (Å²) in [7, 11) is -3.81. The van der Waals surface area contributed by atoms with Crippen LogP contribution in [0.15, 0.2) is 29.2 Å². The summed E-state index contributed by atoms with van der Waals surface area (Å²) in [6, 6.07) is 6.45. The highest BCUT2D eigenvalue weighted by atomic mass is 32.2. The molecule has 1 aromatic carbocycles. The standard InChI is InChI=1S/C27H46O5S/c1-3-4-5-6-7-8-9-10-11-12-13-14-15-16-17-18-27(28)31-23-24-32-33(29,30)26-21-19-25(2)20-22-26/h19-22H,3-18,23-24H2,1-2H3. The minimum Gasteiger partial charge on any atom is -0.463 e. The molecule has 0 radical (unpaired) electrons. The minimum atomic E-state index is -3.81. The van der Waals surface area contributed by atoms with E-state index in [1.54, 1.807) is 12.1 Å². The van der Waals surface area contributed by atoms with E-state index >= 15 is 0 Å². The van der Waals surface area contributed by atoms with Crippen LogP contribution in [0, 0.1) is 6.92 Å². The van der Waals surface area contributed by atoms with Crippen molar-refractivity contribution >= 4 is 16.1 Å². The molecule has 0 aliphatic heterocycles. The molecule has 0 amide bonds. The maximum absolute atomic E-state index is 12.1. The number of hydrogen-bond acceptors (Lipinski definition) is 5. The number of esters is 1. The fourth-order valence-electron chi connectivity index (χ4n) is 3.79. The summed E-state index contributed by atoms with van der Waals surface area (Å²) in [5.74, 6) is -0.291. The van der Waals surface area contributed by atoms with Crippen LogP contribution >= 0.6 is 0 Å². The third-order valence-corrected chi connectivity index (χ3v) is 7.21. The first-order chi connectivity index (χ1) is 16.0. The Morgan fingerprint density at radius 1 is 0.697 bits per heavy atom. The summed E-state index contributed by atoms with van der Waals surface area (Å²) in [4.78, 5) is 11.9. The normalized spacial score (nSPS) is 11.6. The van der Waals surface area contributed by atoms with E-state index in [0.29, 0.717) is 6.42 Å². The predicted molar refractivity (Wildman–Crippen MR) is 135 cm³/mol. The molecule has 0 unspecified atom stereocenters. The van der Waals surface area contributed by atoms with Gasteiger partial charge in [-0.25, -0.2) is 0 Å². The Morgan fingerprint density at radius 3 is 1.64 bits per heavy atom. The Hall–Kier alpha value is -1.40. The monoisotopic (exact) mass is 482 g/mol. The number of carbonyl (C=O) groups excluding carboxylic acids is 1. The van der Waals surface area contributed by atoms with Crippen LogP contribution in [0.3, 0.4) is 0 Å². The van der Waals surface area contributed by atoms with Crippen molar-refractivity contribution < 1.29 is 22.1 Å². The lowest BCUT2D eigenvalue weighted by Crippen LogP contribution is -2.14. The number of unbranched alkanes of at least 4 members (excludes halogenated alkanes) is 14. The van der Waals surface area contributed by atoms with Crippen molar-refractivity contribution in [1.82, 2.24) is 0 Å². The minimum absolute atomic E-state index is 0.0529. The van der Waals surface area contributed by atoms with Crippen LogP contribution in [-0.4, -0.2) is 27.6 Å². The van der Waals surface area contributed by atoms with Gasteiger partial charge in [-0.2, -0.15) is 8.42 Å². The Bertz CT molecular complexity index is 713. The second kappa shape index (κ2) is 19.0. The van der Waals surface area contributed by atoms with Crippen molar-refractivity contribution in [2.45, 2.75) is 121 Å². The Labute approximate surface area is 202 Å². The Balaban J connectivity index is 1.89. The maximum atomic E-state index is 12.1. The topological polar surface area (TPSA) is 69.7 Å². The Kier molecular flexibility index (Phi) is 17.0. The average molecular weight is 483 g/mol. The van der Waals surface area contributed by atoms with Crippen molar-refractivity contribution in [3.05, 3.63) is 29.8 Å². The molecule has 6 heteroatoms. The number of carbonyl (C=O) groups is 1. The van der Waals surface area contributed by atoms with E-state index in [-0.39, 0.29) is 24.1 Å². The molecule has 0 heterocycles. The summed E-state index contributed by atoms with van der Waals surface area (Å²) in [5, 5.41) is 0. The van der Waals surface area contributed by atoms with E-state index in [4.69, 9.17) is 8.92 Å². The second-order valence-corrected chi connectivity index (χ2v) is 10.6. The van der Waals surface area contributed by atoms with Gasteiger partial charge in [-0.05, 0) is 25.5 Å². The highest BCUT2D eigenvalue weighted by molar-refractivity contribution is 7.86. The summed E-state index contributed by atoms with van der Waals surface area (Å²) in [5.41, 5.74) is 0.974. The second-order valence-electron chi connectivity index (χ2n) is 9.01. The maximum Gasteiger partial charge on any atom is 0.305 e. The molecule has 0 saturated heterocycles. The van der Waals surface area contributed by atoms with Gasteiger partial charge in [0.15, 0.2) is 0 Å². The van der Waals surface area contributed by atoms with Crippen molar-refractivity contribution in [3.63, 3.8) is 0 Å². The number of benzene rings is 1. The van der Waals surface area contributed by atoms with Gasteiger partial charge in [0.1, 0.15) is 13.2 Å². The highest BCUT2D eigenvalue weighted by Crippen LogP contribution is 2.15. The van der Waals surface area contributed by atoms with Crippen molar-refractivity contribution in [3.8, 4) is 0 Å². The molecule has 0 aliphatic carbocycles. The first kappa shape index (κ1) is 29.6.